The van der Waals surface area contributed by atoms with E-state index >= 15 is 0 Å². The molecule has 0 saturated carbocycles. The Bertz CT molecular complexity index is 752. The zero-order chi connectivity index (χ0) is 19.8. The van der Waals surface area contributed by atoms with Crippen molar-refractivity contribution in [2.45, 2.75) is 32.9 Å². The van der Waals surface area contributed by atoms with Gasteiger partial charge in [-0.3, -0.25) is 9.89 Å². The number of ether oxygens (including phenoxy) is 1. The van der Waals surface area contributed by atoms with Crippen LogP contribution in [0.4, 0.5) is 0 Å². The van der Waals surface area contributed by atoms with Gasteiger partial charge in [0, 0.05) is 37.8 Å². The fraction of sp³-hybridized carbons (Fsp3) is 0.524. The van der Waals surface area contributed by atoms with E-state index in [0.717, 1.165) is 50.2 Å². The van der Waals surface area contributed by atoms with Crippen molar-refractivity contribution in [3.8, 4) is 0 Å². The molecule has 1 saturated heterocycles. The minimum atomic E-state index is 0.287. The van der Waals surface area contributed by atoms with Gasteiger partial charge in [0.2, 0.25) is 0 Å². The molecule has 2 heterocycles. The van der Waals surface area contributed by atoms with Gasteiger partial charge in [0.25, 0.3) is 0 Å². The van der Waals surface area contributed by atoms with Crippen molar-refractivity contribution in [1.29, 1.82) is 0 Å². The molecule has 1 aromatic heterocycles. The number of nitrogens with zero attached hydrogens (tertiary/aromatic N) is 3. The van der Waals surface area contributed by atoms with Gasteiger partial charge in [-0.25, -0.2) is 4.98 Å². The van der Waals surface area contributed by atoms with Gasteiger partial charge in [0.1, 0.15) is 5.01 Å². The molecule has 3 rings (SSSR count). The maximum atomic E-state index is 5.55. The molecule has 0 amide bonds. The average molecular weight is 402 g/mol. The van der Waals surface area contributed by atoms with Gasteiger partial charge in [-0.1, -0.05) is 36.8 Å². The van der Waals surface area contributed by atoms with Crippen LogP contribution in [0.2, 0.25) is 0 Å². The van der Waals surface area contributed by atoms with Crippen LogP contribution in [0.3, 0.4) is 0 Å². The van der Waals surface area contributed by atoms with Gasteiger partial charge in [-0.05, 0) is 18.9 Å². The summed E-state index contributed by atoms with van der Waals surface area (Å²) in [5, 5.41) is 7.98. The van der Waals surface area contributed by atoms with Crippen LogP contribution in [0.15, 0.2) is 35.5 Å². The zero-order valence-corrected chi connectivity index (χ0v) is 17.9. The average Bonchev–Trinajstić information content (AvgIpc) is 3.20. The van der Waals surface area contributed by atoms with Crippen LogP contribution >= 0.6 is 11.3 Å². The first-order chi connectivity index (χ1) is 13.7. The summed E-state index contributed by atoms with van der Waals surface area (Å²) >= 11 is 1.75. The molecular formula is C21H31N5OS. The van der Waals surface area contributed by atoms with Gasteiger partial charge in [-0.2, -0.15) is 0 Å². The fourth-order valence-corrected chi connectivity index (χ4v) is 4.10. The second-order valence-electron chi connectivity index (χ2n) is 6.96. The van der Waals surface area contributed by atoms with Gasteiger partial charge in [-0.15, -0.1) is 11.3 Å². The highest BCUT2D eigenvalue weighted by molar-refractivity contribution is 7.11. The Morgan fingerprint density at radius 3 is 2.64 bits per heavy atom. The number of nitrogens with one attached hydrogen (secondary N) is 2. The van der Waals surface area contributed by atoms with Crippen molar-refractivity contribution in [1.82, 2.24) is 20.5 Å². The molecule has 2 N–H and O–H groups in total. The summed E-state index contributed by atoms with van der Waals surface area (Å²) in [7, 11) is 1.81. The number of morpholine rings is 1. The lowest BCUT2D eigenvalue weighted by molar-refractivity contribution is 0.0170. The first kappa shape index (κ1) is 20.8. The van der Waals surface area contributed by atoms with Crippen LogP contribution in [0.5, 0.6) is 0 Å². The van der Waals surface area contributed by atoms with Crippen LogP contribution in [-0.4, -0.2) is 55.7 Å². The predicted octanol–water partition coefficient (Wildman–Crippen LogP) is 2.75. The highest BCUT2D eigenvalue weighted by Gasteiger charge is 2.22. The summed E-state index contributed by atoms with van der Waals surface area (Å²) in [6.45, 7) is 9.24. The number of guanidine groups is 1. The van der Waals surface area contributed by atoms with E-state index < -0.39 is 0 Å². The monoisotopic (exact) mass is 401 g/mol. The van der Waals surface area contributed by atoms with E-state index in [4.69, 9.17) is 4.74 Å². The van der Waals surface area contributed by atoms with E-state index in [9.17, 15) is 0 Å². The molecule has 0 radical (unpaired) electrons. The number of thiazole rings is 1. The minimum absolute atomic E-state index is 0.287. The van der Waals surface area contributed by atoms with E-state index in [-0.39, 0.29) is 6.04 Å². The first-order valence-electron chi connectivity index (χ1n) is 9.96. The number of hydrogen-bond acceptors (Lipinski definition) is 5. The smallest absolute Gasteiger partial charge is 0.191 e. The lowest BCUT2D eigenvalue weighted by atomic mass is 10.0. The third kappa shape index (κ3) is 5.77. The summed E-state index contributed by atoms with van der Waals surface area (Å²) in [4.78, 5) is 12.7. The van der Waals surface area contributed by atoms with Crippen LogP contribution in [0.1, 0.15) is 34.0 Å². The Morgan fingerprint density at radius 2 is 2.00 bits per heavy atom. The molecule has 0 aliphatic carbocycles. The van der Waals surface area contributed by atoms with Crippen LogP contribution in [0.25, 0.3) is 0 Å². The number of benzene rings is 1. The van der Waals surface area contributed by atoms with E-state index in [1.165, 1.54) is 16.0 Å². The van der Waals surface area contributed by atoms with Gasteiger partial charge >= 0.3 is 0 Å². The molecule has 0 bridgehead atoms. The van der Waals surface area contributed by atoms with Crippen molar-refractivity contribution in [2.75, 3.05) is 39.9 Å². The maximum Gasteiger partial charge on any atom is 0.191 e. The van der Waals surface area contributed by atoms with Crippen molar-refractivity contribution in [2.24, 2.45) is 4.99 Å². The lowest BCUT2D eigenvalue weighted by Crippen LogP contribution is -2.46. The van der Waals surface area contributed by atoms with Crippen molar-refractivity contribution in [3.05, 3.63) is 51.5 Å². The summed E-state index contributed by atoms with van der Waals surface area (Å²) in [5.74, 6) is 0.804. The summed E-state index contributed by atoms with van der Waals surface area (Å²) in [6, 6.07) is 9.12. The van der Waals surface area contributed by atoms with Crippen LogP contribution in [-0.2, 0) is 17.7 Å². The molecule has 0 spiro atoms. The molecule has 28 heavy (non-hydrogen) atoms. The molecular weight excluding hydrogens is 370 g/mol. The quantitative estimate of drug-likeness (QED) is 0.552. The van der Waals surface area contributed by atoms with Gasteiger partial charge in [0.15, 0.2) is 5.96 Å². The molecule has 152 valence electrons. The van der Waals surface area contributed by atoms with E-state index in [1.807, 2.05) is 13.2 Å². The third-order valence-corrected chi connectivity index (χ3v) is 6.13. The highest BCUT2D eigenvalue weighted by atomic mass is 32.1. The van der Waals surface area contributed by atoms with E-state index in [0.29, 0.717) is 6.54 Å². The first-order valence-corrected chi connectivity index (χ1v) is 10.8. The molecule has 1 atom stereocenters. The van der Waals surface area contributed by atoms with Gasteiger partial charge < -0.3 is 15.4 Å². The summed E-state index contributed by atoms with van der Waals surface area (Å²) in [6.07, 6.45) is 2.99. The second kappa shape index (κ2) is 10.5. The third-order valence-electron chi connectivity index (χ3n) is 4.99. The molecule has 7 heteroatoms. The zero-order valence-electron chi connectivity index (χ0n) is 17.1. The standard InChI is InChI=1S/C21H31N5OS/c1-4-18-13-23-20(28-18)15-25-21(22-3)24-14-19(26-9-11-27-12-10-26)17-7-5-16(2)6-8-17/h5-8,13,19H,4,9-12,14-15H2,1-3H3,(H2,22,24,25). The van der Waals surface area contributed by atoms with Crippen LogP contribution < -0.4 is 10.6 Å². The maximum absolute atomic E-state index is 5.55. The largest absolute Gasteiger partial charge is 0.379 e. The second-order valence-corrected chi connectivity index (χ2v) is 8.16. The van der Waals surface area contributed by atoms with Crippen molar-refractivity contribution >= 4 is 17.3 Å². The van der Waals surface area contributed by atoms with Crippen LogP contribution in [0, 0.1) is 6.92 Å². The molecule has 1 aliphatic heterocycles. The van der Waals surface area contributed by atoms with Crippen molar-refractivity contribution < 1.29 is 4.74 Å². The molecule has 1 fully saturated rings. The Morgan fingerprint density at radius 1 is 1.25 bits per heavy atom. The minimum Gasteiger partial charge on any atom is -0.379 e. The Kier molecular flexibility index (Phi) is 7.82. The molecule has 2 aromatic rings. The topological polar surface area (TPSA) is 61.8 Å². The fourth-order valence-electron chi connectivity index (χ4n) is 3.30. The normalized spacial score (nSPS) is 16.8. The number of aryl methyl sites for hydroxylation is 2. The van der Waals surface area contributed by atoms with Gasteiger partial charge in [0.05, 0.1) is 25.8 Å². The number of aromatic nitrogens is 1. The van der Waals surface area contributed by atoms with E-state index in [1.54, 1.807) is 11.3 Å². The number of rotatable bonds is 7. The van der Waals surface area contributed by atoms with E-state index in [2.05, 4.69) is 63.6 Å². The highest BCUT2D eigenvalue weighted by Crippen LogP contribution is 2.22. The molecule has 6 nitrogen and oxygen atoms in total. The Balaban J connectivity index is 1.61. The number of aliphatic imine (C=N–C) groups is 1. The summed E-state index contributed by atoms with van der Waals surface area (Å²) in [5.41, 5.74) is 2.60. The molecule has 1 unspecified atom stereocenters. The molecule has 1 aromatic carbocycles. The molecule has 1 aliphatic rings. The van der Waals surface area contributed by atoms with Crippen molar-refractivity contribution in [3.63, 3.8) is 0 Å². The SMILES string of the molecule is CCc1cnc(CNC(=NC)NCC(c2ccc(C)cc2)N2CCOCC2)s1. The Labute approximate surface area is 172 Å². The summed E-state index contributed by atoms with van der Waals surface area (Å²) < 4.78 is 5.55. The predicted molar refractivity (Wildman–Crippen MR) is 116 cm³/mol. The lowest BCUT2D eigenvalue weighted by Gasteiger charge is -2.35. The number of hydrogen-bond donors (Lipinski definition) is 2. The Hall–Kier alpha value is -1.96.